The molecule has 0 radical (unpaired) electrons. The summed E-state index contributed by atoms with van der Waals surface area (Å²) in [4.78, 5) is 6.80. The van der Waals surface area contributed by atoms with E-state index in [0.717, 1.165) is 29.8 Å². The van der Waals surface area contributed by atoms with Crippen LogP contribution >= 0.6 is 15.9 Å². The largest absolute Gasteiger partial charge is 0.298 e. The van der Waals surface area contributed by atoms with E-state index in [1.54, 1.807) is 0 Å². The van der Waals surface area contributed by atoms with Crippen molar-refractivity contribution in [3.8, 4) is 0 Å². The molecule has 0 N–H and O–H groups in total. The van der Waals surface area contributed by atoms with Crippen molar-refractivity contribution in [1.82, 2.24) is 9.88 Å². The number of hydrogen-bond acceptors (Lipinski definition) is 2. The Morgan fingerprint density at radius 2 is 2.13 bits per heavy atom. The minimum absolute atomic E-state index is 0.709. The topological polar surface area (TPSA) is 16.1 Å². The highest BCUT2D eigenvalue weighted by molar-refractivity contribution is 9.10. The summed E-state index contributed by atoms with van der Waals surface area (Å²) in [6.07, 6.45) is 1.86. The third-order valence-corrected chi connectivity index (χ3v) is 2.71. The summed E-state index contributed by atoms with van der Waals surface area (Å²) in [7, 11) is 0. The van der Waals surface area contributed by atoms with Gasteiger partial charge in [-0.3, -0.25) is 9.88 Å². The van der Waals surface area contributed by atoms with Gasteiger partial charge in [0.2, 0.25) is 0 Å². The second-order valence-corrected chi connectivity index (χ2v) is 5.11. The van der Waals surface area contributed by atoms with Crippen LogP contribution in [-0.4, -0.2) is 23.0 Å². The zero-order valence-corrected chi connectivity index (χ0v) is 11.3. The molecule has 0 spiro atoms. The predicted octanol–water partition coefficient (Wildman–Crippen LogP) is 3.32. The van der Waals surface area contributed by atoms with E-state index in [4.69, 9.17) is 0 Å². The Bertz CT molecular complexity index is 282. The van der Waals surface area contributed by atoms with Crippen LogP contribution in [0.4, 0.5) is 0 Å². The van der Waals surface area contributed by atoms with E-state index in [-0.39, 0.29) is 0 Å². The number of hydrogen-bond donors (Lipinski definition) is 0. The Kier molecular flexibility index (Phi) is 5.26. The monoisotopic (exact) mass is 270 g/mol. The van der Waals surface area contributed by atoms with Gasteiger partial charge in [-0.1, -0.05) is 20.8 Å². The third kappa shape index (κ3) is 4.76. The first-order valence-electron chi connectivity index (χ1n) is 5.44. The van der Waals surface area contributed by atoms with Gasteiger partial charge in [0.15, 0.2) is 0 Å². The molecule has 15 heavy (non-hydrogen) atoms. The van der Waals surface area contributed by atoms with Crippen molar-refractivity contribution in [1.29, 1.82) is 0 Å². The van der Waals surface area contributed by atoms with E-state index in [1.165, 1.54) is 0 Å². The van der Waals surface area contributed by atoms with E-state index < -0.39 is 0 Å². The lowest BCUT2D eigenvalue weighted by atomic mass is 10.2. The van der Waals surface area contributed by atoms with E-state index in [1.807, 2.05) is 12.3 Å². The number of aromatic nitrogens is 1. The van der Waals surface area contributed by atoms with Gasteiger partial charge in [0, 0.05) is 23.8 Å². The van der Waals surface area contributed by atoms with Gasteiger partial charge >= 0.3 is 0 Å². The van der Waals surface area contributed by atoms with E-state index in [9.17, 15) is 0 Å². The van der Waals surface area contributed by atoms with Crippen LogP contribution in [0.1, 0.15) is 26.5 Å². The predicted molar refractivity (Wildman–Crippen MR) is 67.7 cm³/mol. The van der Waals surface area contributed by atoms with Crippen molar-refractivity contribution in [3.63, 3.8) is 0 Å². The molecule has 0 aliphatic heterocycles. The van der Waals surface area contributed by atoms with E-state index >= 15 is 0 Å². The van der Waals surface area contributed by atoms with Crippen molar-refractivity contribution < 1.29 is 0 Å². The number of nitrogens with zero attached hydrogens (tertiary/aromatic N) is 2. The summed E-state index contributed by atoms with van der Waals surface area (Å²) in [6, 6.07) is 4.12. The molecule has 1 heterocycles. The maximum atomic E-state index is 4.38. The third-order valence-electron chi connectivity index (χ3n) is 2.24. The van der Waals surface area contributed by atoms with Crippen LogP contribution < -0.4 is 0 Å². The van der Waals surface area contributed by atoms with Gasteiger partial charge in [0.05, 0.1) is 5.69 Å². The SMILES string of the molecule is CCN(Cc1ccc(Br)cn1)CC(C)C. The second-order valence-electron chi connectivity index (χ2n) is 4.19. The molecule has 0 unspecified atom stereocenters. The molecule has 84 valence electrons. The Hall–Kier alpha value is -0.410. The average Bonchev–Trinajstić information content (AvgIpc) is 2.19. The molecule has 0 amide bonds. The van der Waals surface area contributed by atoms with Crippen LogP contribution in [0.25, 0.3) is 0 Å². The highest BCUT2D eigenvalue weighted by Crippen LogP contribution is 2.10. The lowest BCUT2D eigenvalue weighted by Crippen LogP contribution is -2.27. The first kappa shape index (κ1) is 12.7. The van der Waals surface area contributed by atoms with Gasteiger partial charge in [-0.25, -0.2) is 0 Å². The summed E-state index contributed by atoms with van der Waals surface area (Å²) in [5, 5.41) is 0. The lowest BCUT2D eigenvalue weighted by molar-refractivity contribution is 0.245. The molecule has 1 aromatic heterocycles. The zero-order chi connectivity index (χ0) is 11.3. The molecule has 2 nitrogen and oxygen atoms in total. The Labute approximate surface area is 101 Å². The minimum Gasteiger partial charge on any atom is -0.298 e. The van der Waals surface area contributed by atoms with Gasteiger partial charge in [-0.2, -0.15) is 0 Å². The maximum Gasteiger partial charge on any atom is 0.0544 e. The van der Waals surface area contributed by atoms with Gasteiger partial charge in [-0.15, -0.1) is 0 Å². The highest BCUT2D eigenvalue weighted by Gasteiger charge is 2.06. The molecule has 0 saturated carbocycles. The van der Waals surface area contributed by atoms with Gasteiger partial charge in [0.1, 0.15) is 0 Å². The van der Waals surface area contributed by atoms with Crippen molar-refractivity contribution in [2.45, 2.75) is 27.3 Å². The zero-order valence-electron chi connectivity index (χ0n) is 9.70. The molecule has 0 aromatic carbocycles. The molecule has 0 saturated heterocycles. The van der Waals surface area contributed by atoms with Gasteiger partial charge < -0.3 is 0 Å². The molecular formula is C12H19BrN2. The Morgan fingerprint density at radius 1 is 1.40 bits per heavy atom. The van der Waals surface area contributed by atoms with E-state index in [0.29, 0.717) is 5.92 Å². The molecule has 0 bridgehead atoms. The van der Waals surface area contributed by atoms with Crippen LogP contribution in [0.3, 0.4) is 0 Å². The van der Waals surface area contributed by atoms with E-state index in [2.05, 4.69) is 52.7 Å². The van der Waals surface area contributed by atoms with Crippen molar-refractivity contribution in [2.75, 3.05) is 13.1 Å². The fraction of sp³-hybridized carbons (Fsp3) is 0.583. The summed E-state index contributed by atoms with van der Waals surface area (Å²) < 4.78 is 1.04. The average molecular weight is 271 g/mol. The van der Waals surface area contributed by atoms with Crippen molar-refractivity contribution in [3.05, 3.63) is 28.5 Å². The quantitative estimate of drug-likeness (QED) is 0.816. The van der Waals surface area contributed by atoms with Gasteiger partial charge in [-0.05, 0) is 40.5 Å². The van der Waals surface area contributed by atoms with Crippen LogP contribution in [0.2, 0.25) is 0 Å². The molecule has 3 heteroatoms. The molecule has 0 fully saturated rings. The number of halogens is 1. The molecule has 0 atom stereocenters. The summed E-state index contributed by atoms with van der Waals surface area (Å²) in [5.74, 6) is 0.709. The molecule has 0 aliphatic carbocycles. The maximum absolute atomic E-state index is 4.38. The van der Waals surface area contributed by atoms with Crippen molar-refractivity contribution in [2.24, 2.45) is 5.92 Å². The lowest BCUT2D eigenvalue weighted by Gasteiger charge is -2.21. The number of rotatable bonds is 5. The first-order valence-corrected chi connectivity index (χ1v) is 6.24. The standard InChI is InChI=1S/C12H19BrN2/c1-4-15(8-10(2)3)9-12-6-5-11(13)7-14-12/h5-7,10H,4,8-9H2,1-3H3. The molecule has 1 rings (SSSR count). The highest BCUT2D eigenvalue weighted by atomic mass is 79.9. The number of pyridine rings is 1. The summed E-state index contributed by atoms with van der Waals surface area (Å²) in [5.41, 5.74) is 1.14. The van der Waals surface area contributed by atoms with Crippen LogP contribution in [0.5, 0.6) is 0 Å². The fourth-order valence-corrected chi connectivity index (χ4v) is 1.79. The molecule has 0 aliphatic rings. The second kappa shape index (κ2) is 6.23. The van der Waals surface area contributed by atoms with Crippen LogP contribution in [0.15, 0.2) is 22.8 Å². The van der Waals surface area contributed by atoms with Crippen LogP contribution in [-0.2, 0) is 6.54 Å². The van der Waals surface area contributed by atoms with Gasteiger partial charge in [0.25, 0.3) is 0 Å². The molecule has 1 aromatic rings. The molecular weight excluding hydrogens is 252 g/mol. The van der Waals surface area contributed by atoms with Crippen LogP contribution in [0, 0.1) is 5.92 Å². The summed E-state index contributed by atoms with van der Waals surface area (Å²) >= 11 is 3.39. The fourth-order valence-electron chi connectivity index (χ4n) is 1.55. The minimum atomic E-state index is 0.709. The summed E-state index contributed by atoms with van der Waals surface area (Å²) in [6.45, 7) is 9.85. The Morgan fingerprint density at radius 3 is 2.60 bits per heavy atom. The smallest absolute Gasteiger partial charge is 0.0544 e. The Balaban J connectivity index is 2.54. The van der Waals surface area contributed by atoms with Crippen molar-refractivity contribution >= 4 is 15.9 Å². The normalized spacial score (nSPS) is 11.3. The first-order chi connectivity index (χ1) is 7.11.